The Hall–Kier alpha value is -1.46. The minimum atomic E-state index is 0.331. The minimum absolute atomic E-state index is 0.331. The molecule has 0 bridgehead atoms. The molecule has 0 aliphatic carbocycles. The van der Waals surface area contributed by atoms with Crippen LogP contribution in [0.5, 0.6) is 0 Å². The van der Waals surface area contributed by atoms with Crippen LogP contribution in [0.2, 0.25) is 0 Å². The second-order valence-corrected chi connectivity index (χ2v) is 3.66. The average Bonchev–Trinajstić information content (AvgIpc) is 2.72. The third-order valence-electron chi connectivity index (χ3n) is 2.39. The van der Waals surface area contributed by atoms with Crippen molar-refractivity contribution in [2.24, 2.45) is 5.73 Å². The molecule has 15 heavy (non-hydrogen) atoms. The molecule has 0 spiro atoms. The number of fused-ring (bicyclic) bond motifs is 1. The monoisotopic (exact) mass is 205 g/mol. The van der Waals surface area contributed by atoms with Gasteiger partial charge in [0.2, 0.25) is 0 Å². The van der Waals surface area contributed by atoms with Crippen molar-refractivity contribution in [3.05, 3.63) is 23.8 Å². The van der Waals surface area contributed by atoms with Crippen LogP contribution in [0, 0.1) is 0 Å². The van der Waals surface area contributed by atoms with Crippen molar-refractivity contribution in [1.82, 2.24) is 20.7 Å². The van der Waals surface area contributed by atoms with Gasteiger partial charge in [-0.2, -0.15) is 15.4 Å². The number of H-pyrrole nitrogens is 1. The van der Waals surface area contributed by atoms with E-state index in [2.05, 4.69) is 27.7 Å². The van der Waals surface area contributed by atoms with Gasteiger partial charge >= 0.3 is 0 Å². The van der Waals surface area contributed by atoms with Crippen molar-refractivity contribution in [2.75, 3.05) is 6.54 Å². The normalized spacial score (nSPS) is 13.2. The van der Waals surface area contributed by atoms with Crippen LogP contribution in [0.4, 0.5) is 0 Å². The number of aromatic amines is 1. The lowest BCUT2D eigenvalue weighted by Crippen LogP contribution is -2.32. The third-order valence-corrected chi connectivity index (χ3v) is 2.39. The van der Waals surface area contributed by atoms with Crippen LogP contribution in [0.15, 0.2) is 18.2 Å². The molecule has 0 amide bonds. The predicted octanol–water partition coefficient (Wildman–Crippen LogP) is 0.395. The number of nitrogens with two attached hydrogens (primary N) is 1. The van der Waals surface area contributed by atoms with Gasteiger partial charge in [0.05, 0.1) is 0 Å². The van der Waals surface area contributed by atoms with Crippen LogP contribution in [0.25, 0.3) is 11.0 Å². The number of rotatable bonds is 4. The van der Waals surface area contributed by atoms with Crippen LogP contribution < -0.4 is 11.1 Å². The van der Waals surface area contributed by atoms with Gasteiger partial charge in [-0.25, -0.2) is 0 Å². The molecule has 1 heterocycles. The van der Waals surface area contributed by atoms with Gasteiger partial charge in [-0.3, -0.25) is 0 Å². The number of nitrogens with zero attached hydrogens (tertiary/aromatic N) is 2. The maximum Gasteiger partial charge on any atom is 0.113 e. The van der Waals surface area contributed by atoms with Gasteiger partial charge in [0.1, 0.15) is 11.0 Å². The number of aromatic nitrogens is 3. The molecule has 0 saturated heterocycles. The second kappa shape index (κ2) is 4.37. The summed E-state index contributed by atoms with van der Waals surface area (Å²) in [5, 5.41) is 14.0. The van der Waals surface area contributed by atoms with Gasteiger partial charge in [0, 0.05) is 19.1 Å². The average molecular weight is 205 g/mol. The Morgan fingerprint density at radius 1 is 1.40 bits per heavy atom. The van der Waals surface area contributed by atoms with Crippen molar-refractivity contribution < 1.29 is 0 Å². The van der Waals surface area contributed by atoms with E-state index in [1.54, 1.807) is 0 Å². The van der Waals surface area contributed by atoms with Crippen LogP contribution in [0.3, 0.4) is 0 Å². The first-order chi connectivity index (χ1) is 7.29. The molecular formula is C10H15N5. The highest BCUT2D eigenvalue weighted by atomic mass is 15.3. The molecule has 0 saturated carbocycles. The van der Waals surface area contributed by atoms with Crippen LogP contribution >= 0.6 is 0 Å². The summed E-state index contributed by atoms with van der Waals surface area (Å²) in [7, 11) is 0. The Morgan fingerprint density at radius 3 is 3.00 bits per heavy atom. The van der Waals surface area contributed by atoms with Crippen LogP contribution in [-0.4, -0.2) is 28.0 Å². The highest BCUT2D eigenvalue weighted by molar-refractivity contribution is 5.74. The Kier molecular flexibility index (Phi) is 2.94. The first kappa shape index (κ1) is 10.1. The first-order valence-corrected chi connectivity index (χ1v) is 5.02. The van der Waals surface area contributed by atoms with Gasteiger partial charge in [-0.15, -0.1) is 0 Å². The van der Waals surface area contributed by atoms with E-state index in [-0.39, 0.29) is 0 Å². The van der Waals surface area contributed by atoms with Gasteiger partial charge in [0.25, 0.3) is 0 Å². The standard InChI is InChI=1S/C10H15N5/c1-7(5-11)12-6-8-2-3-9-10(4-8)14-15-13-9/h2-4,7,12H,5-6,11H2,1H3,(H,13,14,15)/t7-/m1/s1. The molecule has 2 aromatic rings. The van der Waals surface area contributed by atoms with E-state index in [4.69, 9.17) is 5.73 Å². The van der Waals surface area contributed by atoms with E-state index in [9.17, 15) is 0 Å². The van der Waals surface area contributed by atoms with Crippen LogP contribution in [-0.2, 0) is 6.54 Å². The molecule has 0 aliphatic heterocycles. The summed E-state index contributed by atoms with van der Waals surface area (Å²) >= 11 is 0. The fourth-order valence-electron chi connectivity index (χ4n) is 1.37. The van der Waals surface area contributed by atoms with E-state index >= 15 is 0 Å². The van der Waals surface area contributed by atoms with Gasteiger partial charge in [-0.05, 0) is 24.6 Å². The Bertz CT molecular complexity index is 436. The maximum absolute atomic E-state index is 5.52. The summed E-state index contributed by atoms with van der Waals surface area (Å²) < 4.78 is 0. The van der Waals surface area contributed by atoms with Crippen molar-refractivity contribution in [2.45, 2.75) is 19.5 Å². The summed E-state index contributed by atoms with van der Waals surface area (Å²) in [5.74, 6) is 0. The number of nitrogens with one attached hydrogen (secondary N) is 2. The fourth-order valence-corrected chi connectivity index (χ4v) is 1.37. The van der Waals surface area contributed by atoms with E-state index in [0.29, 0.717) is 12.6 Å². The Labute approximate surface area is 88.0 Å². The van der Waals surface area contributed by atoms with Crippen LogP contribution in [0.1, 0.15) is 12.5 Å². The lowest BCUT2D eigenvalue weighted by molar-refractivity contribution is 0.556. The van der Waals surface area contributed by atoms with E-state index in [1.807, 2.05) is 18.2 Å². The lowest BCUT2D eigenvalue weighted by Gasteiger charge is -2.10. The molecule has 0 aliphatic rings. The summed E-state index contributed by atoms with van der Waals surface area (Å²) in [5.41, 5.74) is 8.50. The van der Waals surface area contributed by atoms with E-state index in [1.165, 1.54) is 5.56 Å². The van der Waals surface area contributed by atoms with Gasteiger partial charge in [-0.1, -0.05) is 6.07 Å². The zero-order valence-electron chi connectivity index (χ0n) is 8.70. The molecule has 5 heteroatoms. The van der Waals surface area contributed by atoms with Gasteiger partial charge < -0.3 is 11.1 Å². The number of hydrogen-bond donors (Lipinski definition) is 3. The van der Waals surface area contributed by atoms with E-state index < -0.39 is 0 Å². The lowest BCUT2D eigenvalue weighted by atomic mass is 10.2. The smallest absolute Gasteiger partial charge is 0.113 e. The number of hydrogen-bond acceptors (Lipinski definition) is 4. The topological polar surface area (TPSA) is 79.6 Å². The quantitative estimate of drug-likeness (QED) is 0.674. The van der Waals surface area contributed by atoms with Crippen molar-refractivity contribution in [1.29, 1.82) is 0 Å². The van der Waals surface area contributed by atoms with Crippen molar-refractivity contribution in [3.8, 4) is 0 Å². The highest BCUT2D eigenvalue weighted by Gasteiger charge is 2.01. The molecule has 4 N–H and O–H groups in total. The van der Waals surface area contributed by atoms with E-state index in [0.717, 1.165) is 17.6 Å². The van der Waals surface area contributed by atoms with Crippen molar-refractivity contribution in [3.63, 3.8) is 0 Å². The number of benzene rings is 1. The Morgan fingerprint density at radius 2 is 2.20 bits per heavy atom. The van der Waals surface area contributed by atoms with Gasteiger partial charge in [0.15, 0.2) is 0 Å². The SMILES string of the molecule is C[C@H](CN)NCc1ccc2n[nH]nc2c1. The predicted molar refractivity (Wildman–Crippen MR) is 59.2 cm³/mol. The second-order valence-electron chi connectivity index (χ2n) is 3.66. The van der Waals surface area contributed by atoms with Crippen molar-refractivity contribution >= 4 is 11.0 Å². The molecule has 80 valence electrons. The minimum Gasteiger partial charge on any atom is -0.329 e. The molecule has 2 rings (SSSR count). The molecular weight excluding hydrogens is 190 g/mol. The molecule has 0 unspecified atom stereocenters. The highest BCUT2D eigenvalue weighted by Crippen LogP contribution is 2.10. The largest absolute Gasteiger partial charge is 0.329 e. The molecule has 0 fully saturated rings. The summed E-state index contributed by atoms with van der Waals surface area (Å²) in [6, 6.07) is 6.36. The zero-order chi connectivity index (χ0) is 10.7. The summed E-state index contributed by atoms with van der Waals surface area (Å²) in [4.78, 5) is 0. The molecule has 1 atom stereocenters. The Balaban J connectivity index is 2.08. The maximum atomic E-state index is 5.52. The first-order valence-electron chi connectivity index (χ1n) is 5.02. The zero-order valence-corrected chi connectivity index (χ0v) is 8.70. The molecule has 5 nitrogen and oxygen atoms in total. The fraction of sp³-hybridized carbons (Fsp3) is 0.400. The molecule has 1 aromatic carbocycles. The molecule has 1 aromatic heterocycles. The summed E-state index contributed by atoms with van der Waals surface area (Å²) in [6.07, 6.45) is 0. The molecule has 0 radical (unpaired) electrons. The summed E-state index contributed by atoms with van der Waals surface area (Å²) in [6.45, 7) is 3.52. The third kappa shape index (κ3) is 2.31.